The summed E-state index contributed by atoms with van der Waals surface area (Å²) in [6, 6.07) is 12.2. The van der Waals surface area contributed by atoms with E-state index in [1.165, 1.54) is 5.56 Å². The molecule has 0 aliphatic carbocycles. The van der Waals surface area contributed by atoms with Crippen LogP contribution in [-0.4, -0.2) is 11.7 Å². The summed E-state index contributed by atoms with van der Waals surface area (Å²) in [6.45, 7) is 0.893. The van der Waals surface area contributed by atoms with Crippen LogP contribution in [0.15, 0.2) is 48.8 Å². The molecule has 1 aromatic carbocycles. The summed E-state index contributed by atoms with van der Waals surface area (Å²) in [4.78, 5) is 0. The third-order valence-electron chi connectivity index (χ3n) is 2.17. The van der Waals surface area contributed by atoms with Gasteiger partial charge in [-0.2, -0.15) is 0 Å². The lowest BCUT2D eigenvalue weighted by atomic mass is 10.2. The zero-order chi connectivity index (χ0) is 9.80. The Morgan fingerprint density at radius 2 is 1.93 bits per heavy atom. The Morgan fingerprint density at radius 1 is 1.14 bits per heavy atom. The number of hydrogen-bond acceptors (Lipinski definition) is 1. The van der Waals surface area contributed by atoms with Gasteiger partial charge in [0.2, 0.25) is 0 Å². The molecule has 1 aromatic heterocycles. The summed E-state index contributed by atoms with van der Waals surface area (Å²) in [5.74, 6) is 0.912. The Hall–Kier alpha value is -1.70. The molecule has 2 aromatic rings. The summed E-state index contributed by atoms with van der Waals surface area (Å²) in [5.41, 5.74) is 1.25. The smallest absolute Gasteiger partial charge is 0.119 e. The van der Waals surface area contributed by atoms with Gasteiger partial charge in [-0.15, -0.1) is 0 Å². The average molecular weight is 187 g/mol. The second-order valence-electron chi connectivity index (χ2n) is 3.21. The fourth-order valence-electron chi connectivity index (χ4n) is 1.46. The molecule has 0 unspecified atom stereocenters. The van der Waals surface area contributed by atoms with Gasteiger partial charge in [-0.3, -0.25) is 0 Å². The van der Waals surface area contributed by atoms with Crippen LogP contribution < -0.4 is 4.74 Å². The quantitative estimate of drug-likeness (QED) is 0.720. The number of nitrogens with zero attached hydrogens (tertiary/aromatic N) is 1. The summed E-state index contributed by atoms with van der Waals surface area (Å²) in [5, 5.41) is 0. The van der Waals surface area contributed by atoms with Gasteiger partial charge < -0.3 is 9.30 Å². The lowest BCUT2D eigenvalue weighted by Crippen LogP contribution is -1.96. The Kier molecular flexibility index (Phi) is 2.54. The van der Waals surface area contributed by atoms with Crippen molar-refractivity contribution < 1.29 is 4.74 Å². The molecule has 0 N–H and O–H groups in total. The predicted molar refractivity (Wildman–Crippen MR) is 56.5 cm³/mol. The van der Waals surface area contributed by atoms with E-state index in [9.17, 15) is 0 Å². The van der Waals surface area contributed by atoms with E-state index in [1.54, 1.807) is 7.11 Å². The fourth-order valence-corrected chi connectivity index (χ4v) is 1.46. The first-order valence-corrected chi connectivity index (χ1v) is 4.62. The molecule has 0 aliphatic heterocycles. The Balaban J connectivity index is 2.17. The fraction of sp³-hybridized carbons (Fsp3) is 0.167. The number of benzene rings is 1. The molecule has 0 saturated heterocycles. The highest BCUT2D eigenvalue weighted by Crippen LogP contribution is 2.13. The van der Waals surface area contributed by atoms with E-state index in [0.717, 1.165) is 12.3 Å². The molecule has 0 radical (unpaired) electrons. The maximum atomic E-state index is 5.16. The largest absolute Gasteiger partial charge is 0.497 e. The highest BCUT2D eigenvalue weighted by Gasteiger charge is 1.95. The van der Waals surface area contributed by atoms with Crippen molar-refractivity contribution in [3.8, 4) is 5.75 Å². The molecule has 72 valence electrons. The van der Waals surface area contributed by atoms with E-state index in [4.69, 9.17) is 4.74 Å². The van der Waals surface area contributed by atoms with Crippen LogP contribution in [0.25, 0.3) is 0 Å². The molecule has 2 rings (SSSR count). The summed E-state index contributed by atoms with van der Waals surface area (Å²) < 4.78 is 7.30. The van der Waals surface area contributed by atoms with Crippen LogP contribution >= 0.6 is 0 Å². The molecule has 0 spiro atoms. The SMILES string of the molecule is COc1cccc(Cn2cccc2)c1. The van der Waals surface area contributed by atoms with Crippen LogP contribution in [0.1, 0.15) is 5.56 Å². The summed E-state index contributed by atoms with van der Waals surface area (Å²) >= 11 is 0. The third-order valence-corrected chi connectivity index (χ3v) is 2.17. The molecule has 0 fully saturated rings. The van der Waals surface area contributed by atoms with Gasteiger partial charge in [0, 0.05) is 18.9 Å². The molecule has 1 heterocycles. The predicted octanol–water partition coefficient (Wildman–Crippen LogP) is 2.55. The first kappa shape index (κ1) is 8.88. The van der Waals surface area contributed by atoms with Gasteiger partial charge in [0.05, 0.1) is 7.11 Å². The van der Waals surface area contributed by atoms with Gasteiger partial charge in [0.25, 0.3) is 0 Å². The van der Waals surface area contributed by atoms with Gasteiger partial charge in [0.1, 0.15) is 5.75 Å². The van der Waals surface area contributed by atoms with E-state index in [-0.39, 0.29) is 0 Å². The average Bonchev–Trinajstić information content (AvgIpc) is 2.71. The maximum Gasteiger partial charge on any atom is 0.119 e. The topological polar surface area (TPSA) is 14.2 Å². The number of rotatable bonds is 3. The Morgan fingerprint density at radius 3 is 2.64 bits per heavy atom. The molecule has 0 amide bonds. The second kappa shape index (κ2) is 4.01. The van der Waals surface area contributed by atoms with Crippen LogP contribution in [-0.2, 0) is 6.54 Å². The zero-order valence-electron chi connectivity index (χ0n) is 8.18. The number of hydrogen-bond donors (Lipinski definition) is 0. The van der Waals surface area contributed by atoms with E-state index in [1.807, 2.05) is 24.3 Å². The first-order chi connectivity index (χ1) is 6.88. The lowest BCUT2D eigenvalue weighted by Gasteiger charge is -2.05. The van der Waals surface area contributed by atoms with Crippen molar-refractivity contribution >= 4 is 0 Å². The van der Waals surface area contributed by atoms with E-state index >= 15 is 0 Å². The summed E-state index contributed by atoms with van der Waals surface area (Å²) in [7, 11) is 1.69. The second-order valence-corrected chi connectivity index (χ2v) is 3.21. The van der Waals surface area contributed by atoms with Crippen molar-refractivity contribution in [1.29, 1.82) is 0 Å². The summed E-state index contributed by atoms with van der Waals surface area (Å²) in [6.07, 6.45) is 4.11. The number of ether oxygens (including phenoxy) is 1. The van der Waals surface area contributed by atoms with Crippen LogP contribution in [0.4, 0.5) is 0 Å². The van der Waals surface area contributed by atoms with Crippen LogP contribution in [0.5, 0.6) is 5.75 Å². The molecule has 14 heavy (non-hydrogen) atoms. The minimum absolute atomic E-state index is 0.893. The van der Waals surface area contributed by atoms with Gasteiger partial charge in [-0.05, 0) is 29.8 Å². The molecule has 0 bridgehead atoms. The number of methoxy groups -OCH3 is 1. The van der Waals surface area contributed by atoms with Crippen LogP contribution in [0.3, 0.4) is 0 Å². The molecular formula is C12H13NO. The maximum absolute atomic E-state index is 5.16. The monoisotopic (exact) mass is 187 g/mol. The van der Waals surface area contributed by atoms with Gasteiger partial charge >= 0.3 is 0 Å². The van der Waals surface area contributed by atoms with E-state index < -0.39 is 0 Å². The van der Waals surface area contributed by atoms with Gasteiger partial charge in [-0.1, -0.05) is 12.1 Å². The van der Waals surface area contributed by atoms with Crippen molar-refractivity contribution in [3.05, 3.63) is 54.4 Å². The highest BCUT2D eigenvalue weighted by atomic mass is 16.5. The molecule has 2 heteroatoms. The van der Waals surface area contributed by atoms with Gasteiger partial charge in [0.15, 0.2) is 0 Å². The van der Waals surface area contributed by atoms with E-state index in [2.05, 4.69) is 29.1 Å². The molecule has 2 nitrogen and oxygen atoms in total. The zero-order valence-corrected chi connectivity index (χ0v) is 8.18. The van der Waals surface area contributed by atoms with Crippen molar-refractivity contribution in [1.82, 2.24) is 4.57 Å². The molecule has 0 atom stereocenters. The van der Waals surface area contributed by atoms with Crippen LogP contribution in [0, 0.1) is 0 Å². The van der Waals surface area contributed by atoms with Crippen LogP contribution in [0.2, 0.25) is 0 Å². The third kappa shape index (κ3) is 1.96. The van der Waals surface area contributed by atoms with E-state index in [0.29, 0.717) is 0 Å². The highest BCUT2D eigenvalue weighted by molar-refractivity contribution is 5.28. The Labute approximate surface area is 83.8 Å². The van der Waals surface area contributed by atoms with Gasteiger partial charge in [-0.25, -0.2) is 0 Å². The van der Waals surface area contributed by atoms with Crippen molar-refractivity contribution in [3.63, 3.8) is 0 Å². The first-order valence-electron chi connectivity index (χ1n) is 4.62. The molecule has 0 saturated carbocycles. The van der Waals surface area contributed by atoms with Crippen molar-refractivity contribution in [2.45, 2.75) is 6.54 Å². The minimum atomic E-state index is 0.893. The minimum Gasteiger partial charge on any atom is -0.497 e. The van der Waals surface area contributed by atoms with Crippen molar-refractivity contribution in [2.75, 3.05) is 7.11 Å². The lowest BCUT2D eigenvalue weighted by molar-refractivity contribution is 0.414. The molecule has 0 aliphatic rings. The standard InChI is InChI=1S/C12H13NO/c1-14-12-6-4-5-11(9-12)10-13-7-2-3-8-13/h2-9H,10H2,1H3. The normalized spacial score (nSPS) is 10.1. The molecular weight excluding hydrogens is 174 g/mol. The number of aromatic nitrogens is 1. The Bertz CT molecular complexity index is 392. The van der Waals surface area contributed by atoms with Crippen molar-refractivity contribution in [2.24, 2.45) is 0 Å².